The molecular weight excluding hydrogens is 286 g/mol. The first-order valence-electron chi connectivity index (χ1n) is 7.15. The predicted molar refractivity (Wildman–Crippen MR) is 85.5 cm³/mol. The summed E-state index contributed by atoms with van der Waals surface area (Å²) in [5, 5.41) is 13.5. The molecule has 0 saturated carbocycles. The first-order valence-corrected chi connectivity index (χ1v) is 8.03. The van der Waals surface area contributed by atoms with Crippen LogP contribution in [0.15, 0.2) is 11.4 Å². The van der Waals surface area contributed by atoms with Gasteiger partial charge in [-0.25, -0.2) is 0 Å². The molecule has 2 N–H and O–H groups in total. The van der Waals surface area contributed by atoms with Crippen LogP contribution in [0.4, 0.5) is 0 Å². The Bertz CT molecular complexity index is 499. The molecule has 0 bridgehead atoms. The molecule has 1 aromatic heterocycles. The van der Waals surface area contributed by atoms with Crippen LogP contribution in [0.5, 0.6) is 0 Å². The van der Waals surface area contributed by atoms with E-state index in [1.165, 1.54) is 11.3 Å². The van der Waals surface area contributed by atoms with Crippen molar-refractivity contribution in [1.29, 1.82) is 0 Å². The summed E-state index contributed by atoms with van der Waals surface area (Å²) in [6, 6.07) is 1.78. The highest BCUT2D eigenvalue weighted by atomic mass is 32.1. The Morgan fingerprint density at radius 3 is 2.90 bits per heavy atom. The number of carbonyl (C=O) groups excluding carboxylic acids is 1. The zero-order valence-corrected chi connectivity index (χ0v) is 13.6. The van der Waals surface area contributed by atoms with E-state index in [0.29, 0.717) is 31.1 Å². The molecule has 1 amide bonds. The number of thiophene rings is 1. The second-order valence-corrected chi connectivity index (χ2v) is 5.87. The van der Waals surface area contributed by atoms with Gasteiger partial charge in [-0.2, -0.15) is 0 Å². The molecule has 1 rings (SSSR count). The highest BCUT2D eigenvalue weighted by Gasteiger charge is 2.18. The summed E-state index contributed by atoms with van der Waals surface area (Å²) in [6.07, 6.45) is 0.448. The van der Waals surface area contributed by atoms with Crippen LogP contribution in [0.1, 0.15) is 42.4 Å². The number of carbonyl (C=O) groups is 1. The summed E-state index contributed by atoms with van der Waals surface area (Å²) < 4.78 is 5.41. The molecule has 0 spiro atoms. The smallest absolute Gasteiger partial charge is 0.252 e. The van der Waals surface area contributed by atoms with Gasteiger partial charge in [0.25, 0.3) is 5.91 Å². The van der Waals surface area contributed by atoms with Crippen LogP contribution in [-0.2, 0) is 4.74 Å². The standard InChI is InChI=1S/C16H23NO3S/c1-4-20-10-15(12(2)3)17-16(19)13-9-14(21-11-13)7-5-6-8-18/h9,11-12,15,18H,4,6,8,10H2,1-3H3,(H,17,19). The molecule has 0 saturated heterocycles. The minimum atomic E-state index is -0.0974. The Kier molecular flexibility index (Phi) is 8.06. The van der Waals surface area contributed by atoms with E-state index >= 15 is 0 Å². The van der Waals surface area contributed by atoms with Crippen molar-refractivity contribution in [1.82, 2.24) is 5.32 Å². The zero-order valence-electron chi connectivity index (χ0n) is 12.8. The highest BCUT2D eigenvalue weighted by molar-refractivity contribution is 7.10. The molecule has 4 nitrogen and oxygen atoms in total. The van der Waals surface area contributed by atoms with Crippen molar-refractivity contribution in [3.63, 3.8) is 0 Å². The maximum Gasteiger partial charge on any atom is 0.252 e. The molecule has 21 heavy (non-hydrogen) atoms. The van der Waals surface area contributed by atoms with Gasteiger partial charge in [0.05, 0.1) is 29.7 Å². The topological polar surface area (TPSA) is 58.6 Å². The summed E-state index contributed by atoms with van der Waals surface area (Å²) >= 11 is 1.43. The summed E-state index contributed by atoms with van der Waals surface area (Å²) in [5.74, 6) is 6.00. The van der Waals surface area contributed by atoms with Crippen molar-refractivity contribution in [2.45, 2.75) is 33.2 Å². The van der Waals surface area contributed by atoms with Crippen molar-refractivity contribution < 1.29 is 14.6 Å². The number of ether oxygens (including phenoxy) is 1. The van der Waals surface area contributed by atoms with E-state index in [0.717, 1.165) is 4.88 Å². The summed E-state index contributed by atoms with van der Waals surface area (Å²) in [6.45, 7) is 7.27. The summed E-state index contributed by atoms with van der Waals surface area (Å²) in [7, 11) is 0. The van der Waals surface area contributed by atoms with Crippen LogP contribution in [0.3, 0.4) is 0 Å². The van der Waals surface area contributed by atoms with E-state index in [2.05, 4.69) is 31.0 Å². The number of aliphatic hydroxyl groups excluding tert-OH is 1. The zero-order chi connectivity index (χ0) is 15.7. The molecule has 0 aliphatic rings. The molecule has 1 atom stereocenters. The molecule has 0 aromatic carbocycles. The molecule has 0 fully saturated rings. The average molecular weight is 309 g/mol. The lowest BCUT2D eigenvalue weighted by atomic mass is 10.1. The second-order valence-electron chi connectivity index (χ2n) is 4.96. The lowest BCUT2D eigenvalue weighted by Gasteiger charge is -2.21. The van der Waals surface area contributed by atoms with Crippen LogP contribution < -0.4 is 5.32 Å². The quantitative estimate of drug-likeness (QED) is 0.760. The number of aliphatic hydroxyl groups is 1. The monoisotopic (exact) mass is 309 g/mol. The van der Waals surface area contributed by atoms with E-state index in [1.54, 1.807) is 11.4 Å². The number of hydrogen-bond acceptors (Lipinski definition) is 4. The van der Waals surface area contributed by atoms with Gasteiger partial charge < -0.3 is 15.2 Å². The highest BCUT2D eigenvalue weighted by Crippen LogP contribution is 2.14. The largest absolute Gasteiger partial charge is 0.395 e. The van der Waals surface area contributed by atoms with Gasteiger partial charge in [0.2, 0.25) is 0 Å². The van der Waals surface area contributed by atoms with Crippen LogP contribution in [0, 0.1) is 17.8 Å². The van der Waals surface area contributed by atoms with E-state index in [1.807, 2.05) is 6.92 Å². The van der Waals surface area contributed by atoms with Gasteiger partial charge >= 0.3 is 0 Å². The molecule has 0 radical (unpaired) electrons. The minimum absolute atomic E-state index is 0.00118. The first kappa shape index (κ1) is 17.7. The van der Waals surface area contributed by atoms with Crippen LogP contribution >= 0.6 is 11.3 Å². The van der Waals surface area contributed by atoms with Crippen molar-refractivity contribution in [3.05, 3.63) is 21.9 Å². The second kappa shape index (κ2) is 9.56. The Labute approximate surface area is 130 Å². The fourth-order valence-corrected chi connectivity index (χ4v) is 2.38. The van der Waals surface area contributed by atoms with Crippen LogP contribution in [0.2, 0.25) is 0 Å². The van der Waals surface area contributed by atoms with Gasteiger partial charge in [-0.05, 0) is 18.9 Å². The van der Waals surface area contributed by atoms with E-state index < -0.39 is 0 Å². The van der Waals surface area contributed by atoms with Crippen molar-refractivity contribution >= 4 is 17.2 Å². The molecule has 1 aromatic rings. The van der Waals surface area contributed by atoms with Gasteiger partial charge in [-0.15, -0.1) is 11.3 Å². The number of amides is 1. The maximum absolute atomic E-state index is 12.2. The molecular formula is C16H23NO3S. The summed E-state index contributed by atoms with van der Waals surface area (Å²) in [4.78, 5) is 13.1. The van der Waals surface area contributed by atoms with Crippen molar-refractivity contribution in [3.8, 4) is 11.8 Å². The van der Waals surface area contributed by atoms with Gasteiger partial charge in [-0.3, -0.25) is 4.79 Å². The Morgan fingerprint density at radius 2 is 2.29 bits per heavy atom. The third-order valence-corrected chi connectivity index (χ3v) is 3.78. The third-order valence-electron chi connectivity index (χ3n) is 2.93. The van der Waals surface area contributed by atoms with Crippen molar-refractivity contribution in [2.75, 3.05) is 19.8 Å². The number of nitrogens with one attached hydrogen (secondary N) is 1. The van der Waals surface area contributed by atoms with Gasteiger partial charge in [-0.1, -0.05) is 25.7 Å². The molecule has 0 aliphatic carbocycles. The number of hydrogen-bond donors (Lipinski definition) is 2. The Hall–Kier alpha value is -1.35. The van der Waals surface area contributed by atoms with Gasteiger partial charge in [0, 0.05) is 18.4 Å². The van der Waals surface area contributed by atoms with E-state index in [-0.39, 0.29) is 18.6 Å². The van der Waals surface area contributed by atoms with Gasteiger partial charge in [0.15, 0.2) is 0 Å². The number of rotatable bonds is 7. The van der Waals surface area contributed by atoms with Crippen molar-refractivity contribution in [2.24, 2.45) is 5.92 Å². The Morgan fingerprint density at radius 1 is 1.52 bits per heavy atom. The molecule has 0 aliphatic heterocycles. The lowest BCUT2D eigenvalue weighted by Crippen LogP contribution is -2.41. The predicted octanol–water partition coefficient (Wildman–Crippen LogP) is 2.27. The maximum atomic E-state index is 12.2. The Balaban J connectivity index is 2.64. The molecule has 116 valence electrons. The molecule has 1 unspecified atom stereocenters. The lowest BCUT2D eigenvalue weighted by molar-refractivity contribution is 0.0806. The van der Waals surface area contributed by atoms with Crippen LogP contribution in [0.25, 0.3) is 0 Å². The molecule has 5 heteroatoms. The fourth-order valence-electron chi connectivity index (χ4n) is 1.62. The fraction of sp³-hybridized carbons (Fsp3) is 0.562. The molecule has 1 heterocycles. The summed E-state index contributed by atoms with van der Waals surface area (Å²) in [5.41, 5.74) is 0.621. The normalized spacial score (nSPS) is 11.9. The van der Waals surface area contributed by atoms with Gasteiger partial charge in [0.1, 0.15) is 0 Å². The minimum Gasteiger partial charge on any atom is -0.395 e. The third kappa shape index (κ3) is 6.30. The van der Waals surface area contributed by atoms with E-state index in [9.17, 15) is 4.79 Å². The SMILES string of the molecule is CCOCC(NC(=O)c1csc(C#CCCO)c1)C(C)C. The average Bonchev–Trinajstić information content (AvgIpc) is 2.92. The van der Waals surface area contributed by atoms with E-state index in [4.69, 9.17) is 9.84 Å². The first-order chi connectivity index (χ1) is 10.1. The van der Waals surface area contributed by atoms with Crippen LogP contribution in [-0.4, -0.2) is 36.9 Å².